The van der Waals surface area contributed by atoms with Crippen molar-refractivity contribution >= 4 is 21.6 Å². The monoisotopic (exact) mass is 303 g/mol. The molecule has 0 aromatic heterocycles. The molecule has 1 aliphatic heterocycles. The Kier molecular flexibility index (Phi) is 3.89. The van der Waals surface area contributed by atoms with Gasteiger partial charge in [-0.25, -0.2) is 4.39 Å². The van der Waals surface area contributed by atoms with E-state index in [2.05, 4.69) is 15.9 Å². The highest BCUT2D eigenvalue weighted by Gasteiger charge is 2.22. The van der Waals surface area contributed by atoms with Crippen LogP contribution in [0.3, 0.4) is 0 Å². The van der Waals surface area contributed by atoms with Crippen LogP contribution in [0, 0.1) is 5.82 Å². The van der Waals surface area contributed by atoms with Crippen LogP contribution < -0.4 is 10.5 Å². The second kappa shape index (κ2) is 5.23. The standard InChI is InChI=1S/C12H15BrFNO2/c1-7-2-3-8(17-7)6-16-12-5-10(14)9(13)4-11(12)15/h4-5,7-8H,2-3,6,15H2,1H3. The first-order valence-electron chi connectivity index (χ1n) is 5.59. The molecule has 0 bridgehead atoms. The van der Waals surface area contributed by atoms with Gasteiger partial charge in [-0.15, -0.1) is 0 Å². The third kappa shape index (κ3) is 3.10. The molecule has 2 unspecified atom stereocenters. The van der Waals surface area contributed by atoms with Gasteiger partial charge in [0.05, 0.1) is 22.4 Å². The molecular formula is C12H15BrFNO2. The van der Waals surface area contributed by atoms with Crippen LogP contribution in [0.15, 0.2) is 16.6 Å². The van der Waals surface area contributed by atoms with Gasteiger partial charge in [-0.2, -0.15) is 0 Å². The number of halogens is 2. The van der Waals surface area contributed by atoms with Gasteiger partial charge in [0.1, 0.15) is 18.2 Å². The molecule has 5 heteroatoms. The number of nitrogen functional groups attached to an aromatic ring is 1. The minimum atomic E-state index is -0.380. The molecule has 17 heavy (non-hydrogen) atoms. The summed E-state index contributed by atoms with van der Waals surface area (Å²) in [7, 11) is 0. The Labute approximate surface area is 108 Å². The molecule has 1 aliphatic rings. The second-order valence-corrected chi connectivity index (χ2v) is 5.12. The molecule has 0 aliphatic carbocycles. The van der Waals surface area contributed by atoms with Crippen molar-refractivity contribution in [3.8, 4) is 5.75 Å². The smallest absolute Gasteiger partial charge is 0.145 e. The summed E-state index contributed by atoms with van der Waals surface area (Å²) in [6.45, 7) is 2.45. The third-order valence-corrected chi connectivity index (χ3v) is 3.41. The molecule has 0 saturated carbocycles. The molecule has 1 aromatic rings. The van der Waals surface area contributed by atoms with E-state index in [1.807, 2.05) is 6.92 Å². The highest BCUT2D eigenvalue weighted by atomic mass is 79.9. The van der Waals surface area contributed by atoms with Crippen molar-refractivity contribution in [1.29, 1.82) is 0 Å². The number of hydrogen-bond acceptors (Lipinski definition) is 3. The fourth-order valence-corrected chi connectivity index (χ4v) is 2.22. The number of hydrogen-bond donors (Lipinski definition) is 1. The molecule has 94 valence electrons. The maximum Gasteiger partial charge on any atom is 0.145 e. The van der Waals surface area contributed by atoms with Crippen LogP contribution >= 0.6 is 15.9 Å². The summed E-state index contributed by atoms with van der Waals surface area (Å²) in [5, 5.41) is 0. The lowest BCUT2D eigenvalue weighted by Crippen LogP contribution is -2.18. The summed E-state index contributed by atoms with van der Waals surface area (Å²) in [5.74, 6) is -0.0104. The van der Waals surface area contributed by atoms with Crippen molar-refractivity contribution in [3.63, 3.8) is 0 Å². The van der Waals surface area contributed by atoms with Gasteiger partial charge in [0.15, 0.2) is 0 Å². The Morgan fingerprint density at radius 2 is 2.29 bits per heavy atom. The fraction of sp³-hybridized carbons (Fsp3) is 0.500. The fourth-order valence-electron chi connectivity index (χ4n) is 1.86. The zero-order valence-electron chi connectivity index (χ0n) is 9.58. The summed E-state index contributed by atoms with van der Waals surface area (Å²) < 4.78 is 24.8. The molecule has 2 rings (SSSR count). The van der Waals surface area contributed by atoms with Crippen LogP contribution in [0.2, 0.25) is 0 Å². The number of ether oxygens (including phenoxy) is 2. The van der Waals surface area contributed by atoms with E-state index in [9.17, 15) is 4.39 Å². The first-order chi connectivity index (χ1) is 8.06. The van der Waals surface area contributed by atoms with Crippen molar-refractivity contribution in [1.82, 2.24) is 0 Å². The molecule has 2 N–H and O–H groups in total. The molecule has 1 aromatic carbocycles. The Hall–Kier alpha value is -0.810. The summed E-state index contributed by atoms with van der Waals surface area (Å²) in [6.07, 6.45) is 2.37. The molecule has 0 spiro atoms. The van der Waals surface area contributed by atoms with Crippen molar-refractivity contribution in [2.24, 2.45) is 0 Å². The number of benzene rings is 1. The van der Waals surface area contributed by atoms with E-state index < -0.39 is 0 Å². The summed E-state index contributed by atoms with van der Waals surface area (Å²) >= 11 is 3.07. The van der Waals surface area contributed by atoms with E-state index >= 15 is 0 Å². The molecule has 2 atom stereocenters. The minimum absolute atomic E-state index is 0.0797. The normalized spacial score (nSPS) is 23.9. The molecule has 1 saturated heterocycles. The van der Waals surface area contributed by atoms with Crippen LogP contribution in [0.25, 0.3) is 0 Å². The second-order valence-electron chi connectivity index (χ2n) is 4.26. The maximum absolute atomic E-state index is 13.3. The van der Waals surface area contributed by atoms with Gasteiger partial charge in [0.25, 0.3) is 0 Å². The molecule has 1 heterocycles. The van der Waals surface area contributed by atoms with Crippen LogP contribution in [0.5, 0.6) is 5.75 Å². The first-order valence-corrected chi connectivity index (χ1v) is 6.38. The lowest BCUT2D eigenvalue weighted by Gasteiger charge is -2.14. The number of rotatable bonds is 3. The Balaban J connectivity index is 1.97. The van der Waals surface area contributed by atoms with Crippen molar-refractivity contribution in [2.45, 2.75) is 32.0 Å². The zero-order chi connectivity index (χ0) is 12.4. The van der Waals surface area contributed by atoms with Gasteiger partial charge in [-0.3, -0.25) is 0 Å². The van der Waals surface area contributed by atoms with Gasteiger partial charge in [-0.05, 0) is 41.8 Å². The SMILES string of the molecule is CC1CCC(COc2cc(F)c(Br)cc2N)O1. The molecule has 3 nitrogen and oxygen atoms in total. The number of nitrogens with two attached hydrogens (primary N) is 1. The predicted octanol–water partition coefficient (Wildman–Crippen LogP) is 3.12. The third-order valence-electron chi connectivity index (χ3n) is 2.80. The molecule has 0 amide bonds. The largest absolute Gasteiger partial charge is 0.489 e. The highest BCUT2D eigenvalue weighted by Crippen LogP contribution is 2.29. The molecular weight excluding hydrogens is 289 g/mol. The van der Waals surface area contributed by atoms with Crippen LogP contribution in [-0.4, -0.2) is 18.8 Å². The highest BCUT2D eigenvalue weighted by molar-refractivity contribution is 9.10. The lowest BCUT2D eigenvalue weighted by molar-refractivity contribution is 0.0266. The Bertz CT molecular complexity index is 414. The van der Waals surface area contributed by atoms with E-state index in [-0.39, 0.29) is 18.0 Å². The molecule has 0 radical (unpaired) electrons. The van der Waals surface area contributed by atoms with Gasteiger partial charge in [-0.1, -0.05) is 0 Å². The van der Waals surface area contributed by atoms with Crippen molar-refractivity contribution in [2.75, 3.05) is 12.3 Å². The maximum atomic E-state index is 13.3. The summed E-state index contributed by atoms with van der Waals surface area (Å²) in [5.41, 5.74) is 6.16. The minimum Gasteiger partial charge on any atom is -0.489 e. The van der Waals surface area contributed by atoms with E-state index in [0.717, 1.165) is 12.8 Å². The molecule has 1 fully saturated rings. The van der Waals surface area contributed by atoms with Crippen LogP contribution in [0.1, 0.15) is 19.8 Å². The topological polar surface area (TPSA) is 44.5 Å². The summed E-state index contributed by atoms with van der Waals surface area (Å²) in [4.78, 5) is 0. The van der Waals surface area contributed by atoms with Crippen LogP contribution in [-0.2, 0) is 4.74 Å². The van der Waals surface area contributed by atoms with Crippen molar-refractivity contribution < 1.29 is 13.9 Å². The Morgan fingerprint density at radius 1 is 1.53 bits per heavy atom. The van der Waals surface area contributed by atoms with E-state index in [4.69, 9.17) is 15.2 Å². The number of anilines is 1. The van der Waals surface area contributed by atoms with Crippen molar-refractivity contribution in [3.05, 3.63) is 22.4 Å². The van der Waals surface area contributed by atoms with Gasteiger partial charge >= 0.3 is 0 Å². The predicted molar refractivity (Wildman–Crippen MR) is 67.6 cm³/mol. The van der Waals surface area contributed by atoms with Crippen LogP contribution in [0.4, 0.5) is 10.1 Å². The average molecular weight is 304 g/mol. The first kappa shape index (κ1) is 12.6. The zero-order valence-corrected chi connectivity index (χ0v) is 11.2. The Morgan fingerprint density at radius 3 is 2.94 bits per heavy atom. The van der Waals surface area contributed by atoms with Gasteiger partial charge in [0, 0.05) is 6.07 Å². The van der Waals surface area contributed by atoms with Gasteiger partial charge < -0.3 is 15.2 Å². The van der Waals surface area contributed by atoms with Gasteiger partial charge in [0.2, 0.25) is 0 Å². The average Bonchev–Trinajstić information content (AvgIpc) is 2.68. The van der Waals surface area contributed by atoms with E-state index in [0.29, 0.717) is 22.5 Å². The quantitative estimate of drug-likeness (QED) is 0.873. The lowest BCUT2D eigenvalue weighted by atomic mass is 10.2. The van der Waals surface area contributed by atoms with E-state index in [1.54, 1.807) is 0 Å². The summed E-state index contributed by atoms with van der Waals surface area (Å²) in [6, 6.07) is 2.79. The van der Waals surface area contributed by atoms with E-state index in [1.165, 1.54) is 12.1 Å².